The van der Waals surface area contributed by atoms with Gasteiger partial charge in [0.2, 0.25) is 0 Å². The number of benzene rings is 2. The van der Waals surface area contributed by atoms with Crippen LogP contribution in [0.25, 0.3) is 11.0 Å². The highest BCUT2D eigenvalue weighted by Crippen LogP contribution is 2.15. The molecule has 21 heavy (non-hydrogen) atoms. The SMILES string of the molecule is Cc1cccc([C@@H](C)NCc2cnc3ccccc3n2)c1. The van der Waals surface area contributed by atoms with Crippen molar-refractivity contribution in [1.29, 1.82) is 0 Å². The Kier molecular flexibility index (Phi) is 3.93. The highest BCUT2D eigenvalue weighted by molar-refractivity contribution is 5.73. The molecule has 0 aliphatic rings. The first-order valence-corrected chi connectivity index (χ1v) is 7.23. The van der Waals surface area contributed by atoms with Crippen molar-refractivity contribution in [3.05, 3.63) is 71.5 Å². The van der Waals surface area contributed by atoms with E-state index in [2.05, 4.69) is 53.4 Å². The Morgan fingerprint density at radius 3 is 2.67 bits per heavy atom. The van der Waals surface area contributed by atoms with Crippen LogP contribution in [0.15, 0.2) is 54.7 Å². The molecule has 3 rings (SSSR count). The molecule has 0 radical (unpaired) electrons. The van der Waals surface area contributed by atoms with Crippen LogP contribution in [0.2, 0.25) is 0 Å². The van der Waals surface area contributed by atoms with Gasteiger partial charge in [0, 0.05) is 12.6 Å². The maximum absolute atomic E-state index is 4.63. The summed E-state index contributed by atoms with van der Waals surface area (Å²) < 4.78 is 0. The zero-order valence-electron chi connectivity index (χ0n) is 12.4. The number of fused-ring (bicyclic) bond motifs is 1. The number of hydrogen-bond donors (Lipinski definition) is 1. The quantitative estimate of drug-likeness (QED) is 0.788. The van der Waals surface area contributed by atoms with Crippen molar-refractivity contribution in [3.8, 4) is 0 Å². The Hall–Kier alpha value is -2.26. The molecule has 1 aromatic heterocycles. The fraction of sp³-hybridized carbons (Fsp3) is 0.222. The fourth-order valence-corrected chi connectivity index (χ4v) is 2.40. The van der Waals surface area contributed by atoms with E-state index in [1.165, 1.54) is 11.1 Å². The highest BCUT2D eigenvalue weighted by Gasteiger charge is 2.06. The van der Waals surface area contributed by atoms with Gasteiger partial charge in [0.25, 0.3) is 0 Å². The average Bonchev–Trinajstić information content (AvgIpc) is 2.52. The summed E-state index contributed by atoms with van der Waals surface area (Å²) in [6.07, 6.45) is 1.85. The Bertz CT molecular complexity index is 752. The van der Waals surface area contributed by atoms with E-state index in [0.29, 0.717) is 6.54 Å². The summed E-state index contributed by atoms with van der Waals surface area (Å²) in [4.78, 5) is 9.08. The molecule has 0 bridgehead atoms. The predicted octanol–water partition coefficient (Wildman–Crippen LogP) is 3.79. The Balaban J connectivity index is 1.71. The normalized spacial score (nSPS) is 12.5. The van der Waals surface area contributed by atoms with Crippen LogP contribution in [0.5, 0.6) is 0 Å². The molecule has 1 N–H and O–H groups in total. The van der Waals surface area contributed by atoms with Crippen molar-refractivity contribution in [2.75, 3.05) is 0 Å². The molecule has 0 amide bonds. The second kappa shape index (κ2) is 6.02. The van der Waals surface area contributed by atoms with E-state index in [4.69, 9.17) is 0 Å². The molecular weight excluding hydrogens is 258 g/mol. The Morgan fingerprint density at radius 1 is 1.05 bits per heavy atom. The molecule has 1 heterocycles. The third-order valence-corrected chi connectivity index (χ3v) is 3.63. The average molecular weight is 277 g/mol. The highest BCUT2D eigenvalue weighted by atomic mass is 14.9. The number of para-hydroxylation sites is 2. The largest absolute Gasteiger partial charge is 0.305 e. The second-order valence-corrected chi connectivity index (χ2v) is 5.37. The van der Waals surface area contributed by atoms with Gasteiger partial charge in [0.15, 0.2) is 0 Å². The minimum absolute atomic E-state index is 0.290. The van der Waals surface area contributed by atoms with Crippen molar-refractivity contribution >= 4 is 11.0 Å². The maximum Gasteiger partial charge on any atom is 0.0890 e. The van der Waals surface area contributed by atoms with E-state index in [-0.39, 0.29) is 6.04 Å². The zero-order valence-corrected chi connectivity index (χ0v) is 12.4. The molecule has 0 saturated heterocycles. The van der Waals surface area contributed by atoms with E-state index in [1.54, 1.807) is 0 Å². The van der Waals surface area contributed by atoms with Gasteiger partial charge in [-0.3, -0.25) is 4.98 Å². The smallest absolute Gasteiger partial charge is 0.0890 e. The third-order valence-electron chi connectivity index (χ3n) is 3.63. The summed E-state index contributed by atoms with van der Waals surface area (Å²) in [7, 11) is 0. The topological polar surface area (TPSA) is 37.8 Å². The van der Waals surface area contributed by atoms with E-state index in [9.17, 15) is 0 Å². The van der Waals surface area contributed by atoms with Crippen LogP contribution in [0.3, 0.4) is 0 Å². The lowest BCUT2D eigenvalue weighted by molar-refractivity contribution is 0.567. The van der Waals surface area contributed by atoms with Crippen molar-refractivity contribution in [2.45, 2.75) is 26.4 Å². The van der Waals surface area contributed by atoms with Crippen LogP contribution in [0, 0.1) is 6.92 Å². The van der Waals surface area contributed by atoms with Gasteiger partial charge in [0.1, 0.15) is 0 Å². The molecule has 3 aromatic rings. The van der Waals surface area contributed by atoms with Gasteiger partial charge in [0.05, 0.1) is 22.9 Å². The molecular formula is C18H19N3. The van der Waals surface area contributed by atoms with Crippen LogP contribution >= 0.6 is 0 Å². The van der Waals surface area contributed by atoms with Crippen molar-refractivity contribution in [1.82, 2.24) is 15.3 Å². The van der Waals surface area contributed by atoms with Gasteiger partial charge in [-0.05, 0) is 31.5 Å². The van der Waals surface area contributed by atoms with Gasteiger partial charge in [-0.2, -0.15) is 0 Å². The van der Waals surface area contributed by atoms with Crippen LogP contribution in [-0.2, 0) is 6.54 Å². The first kappa shape index (κ1) is 13.7. The zero-order chi connectivity index (χ0) is 14.7. The number of nitrogens with one attached hydrogen (secondary N) is 1. The van der Waals surface area contributed by atoms with Gasteiger partial charge in [-0.15, -0.1) is 0 Å². The van der Waals surface area contributed by atoms with E-state index >= 15 is 0 Å². The number of rotatable bonds is 4. The van der Waals surface area contributed by atoms with E-state index < -0.39 is 0 Å². The molecule has 0 unspecified atom stereocenters. The molecule has 1 atom stereocenters. The summed E-state index contributed by atoms with van der Waals surface area (Å²) in [5.74, 6) is 0. The molecule has 0 saturated carbocycles. The minimum Gasteiger partial charge on any atom is -0.305 e. The van der Waals surface area contributed by atoms with Gasteiger partial charge in [-0.25, -0.2) is 4.98 Å². The van der Waals surface area contributed by atoms with Crippen LogP contribution in [-0.4, -0.2) is 9.97 Å². The molecule has 2 aromatic carbocycles. The Morgan fingerprint density at radius 2 is 1.86 bits per heavy atom. The first-order chi connectivity index (χ1) is 10.2. The lowest BCUT2D eigenvalue weighted by Gasteiger charge is -2.14. The summed E-state index contributed by atoms with van der Waals surface area (Å²) in [5.41, 5.74) is 5.43. The van der Waals surface area contributed by atoms with Gasteiger partial charge >= 0.3 is 0 Å². The van der Waals surface area contributed by atoms with Crippen molar-refractivity contribution < 1.29 is 0 Å². The minimum atomic E-state index is 0.290. The van der Waals surface area contributed by atoms with Gasteiger partial charge < -0.3 is 5.32 Å². The number of hydrogen-bond acceptors (Lipinski definition) is 3. The number of aryl methyl sites for hydroxylation is 1. The summed E-state index contributed by atoms with van der Waals surface area (Å²) >= 11 is 0. The first-order valence-electron chi connectivity index (χ1n) is 7.23. The van der Waals surface area contributed by atoms with Crippen LogP contribution in [0.1, 0.15) is 29.8 Å². The fourth-order valence-electron chi connectivity index (χ4n) is 2.40. The lowest BCUT2D eigenvalue weighted by atomic mass is 10.1. The van der Waals surface area contributed by atoms with E-state index in [1.807, 2.05) is 30.5 Å². The number of nitrogens with zero attached hydrogens (tertiary/aromatic N) is 2. The van der Waals surface area contributed by atoms with Gasteiger partial charge in [-0.1, -0.05) is 42.0 Å². The molecule has 0 spiro atoms. The summed E-state index contributed by atoms with van der Waals surface area (Å²) in [6.45, 7) is 5.00. The number of aromatic nitrogens is 2. The molecule has 3 heteroatoms. The lowest BCUT2D eigenvalue weighted by Crippen LogP contribution is -2.19. The molecule has 0 fully saturated rings. The predicted molar refractivity (Wildman–Crippen MR) is 86.0 cm³/mol. The van der Waals surface area contributed by atoms with Crippen molar-refractivity contribution in [3.63, 3.8) is 0 Å². The van der Waals surface area contributed by atoms with Crippen LogP contribution in [0.4, 0.5) is 0 Å². The molecule has 0 aliphatic heterocycles. The molecule has 106 valence electrons. The van der Waals surface area contributed by atoms with E-state index in [0.717, 1.165) is 16.7 Å². The summed E-state index contributed by atoms with van der Waals surface area (Å²) in [6, 6.07) is 16.8. The van der Waals surface area contributed by atoms with Crippen molar-refractivity contribution in [2.24, 2.45) is 0 Å². The Labute approximate surface area is 125 Å². The maximum atomic E-state index is 4.63. The second-order valence-electron chi connectivity index (χ2n) is 5.37. The standard InChI is InChI=1S/C18H19N3/c1-13-6-5-7-15(10-13)14(2)19-11-16-12-20-17-8-3-4-9-18(17)21-16/h3-10,12,14,19H,11H2,1-2H3/t14-/m1/s1. The monoisotopic (exact) mass is 277 g/mol. The molecule has 0 aliphatic carbocycles. The summed E-state index contributed by atoms with van der Waals surface area (Å²) in [5, 5.41) is 3.50. The molecule has 3 nitrogen and oxygen atoms in total. The third kappa shape index (κ3) is 3.26. The van der Waals surface area contributed by atoms with Crippen LogP contribution < -0.4 is 5.32 Å².